The lowest BCUT2D eigenvalue weighted by Gasteiger charge is -2.15. The fourth-order valence-electron chi connectivity index (χ4n) is 1.24. The number of nitrogens with two attached hydrogens (primary N) is 1. The average molecular weight is 236 g/mol. The third-order valence-corrected chi connectivity index (χ3v) is 3.03. The number of carbonyl (C=O) groups excluding carboxylic acids is 1. The van der Waals surface area contributed by atoms with Gasteiger partial charge in [0.2, 0.25) is 0 Å². The van der Waals surface area contributed by atoms with Crippen molar-refractivity contribution in [1.29, 1.82) is 0 Å². The number of rotatable bonds is 3. The quantitative estimate of drug-likeness (QED) is 0.712. The Balaban J connectivity index is 2.06. The highest BCUT2D eigenvalue weighted by Crippen LogP contribution is 2.34. The molecule has 84 valence electrons. The molecule has 5 nitrogen and oxygen atoms in total. The van der Waals surface area contributed by atoms with Gasteiger partial charge in [-0.3, -0.25) is 4.79 Å². The predicted molar refractivity (Wildman–Crippen MR) is 63.9 cm³/mol. The molecule has 0 atom stereocenters. The summed E-state index contributed by atoms with van der Waals surface area (Å²) in [6.07, 6.45) is 3.38. The molecule has 0 bridgehead atoms. The van der Waals surface area contributed by atoms with Crippen molar-refractivity contribution in [3.05, 3.63) is 29.4 Å². The standard InChI is InChI=1S/C10H12N4OS/c11-3-5-12-9(15)8-6-14-7-2-1-4-13-10(7)16-8/h1-2,4,6,14H,3,5,11H2,(H,12,15). The summed E-state index contributed by atoms with van der Waals surface area (Å²) in [5, 5.41) is 6.55. The van der Waals surface area contributed by atoms with Crippen LogP contribution < -0.4 is 16.4 Å². The molecule has 16 heavy (non-hydrogen) atoms. The number of hydrogen-bond acceptors (Lipinski definition) is 5. The van der Waals surface area contributed by atoms with E-state index >= 15 is 0 Å². The number of fused-ring (bicyclic) bond motifs is 1. The van der Waals surface area contributed by atoms with Gasteiger partial charge >= 0.3 is 0 Å². The molecule has 6 heteroatoms. The van der Waals surface area contributed by atoms with Gasteiger partial charge in [-0.05, 0) is 12.1 Å². The molecule has 1 aromatic rings. The van der Waals surface area contributed by atoms with E-state index in [0.717, 1.165) is 10.7 Å². The van der Waals surface area contributed by atoms with E-state index in [1.807, 2.05) is 12.1 Å². The van der Waals surface area contributed by atoms with E-state index in [0.29, 0.717) is 18.0 Å². The van der Waals surface area contributed by atoms with Gasteiger partial charge in [0.05, 0.1) is 10.6 Å². The second kappa shape index (κ2) is 5.00. The number of anilines is 1. The van der Waals surface area contributed by atoms with Crippen molar-refractivity contribution in [2.75, 3.05) is 18.4 Å². The Morgan fingerprint density at radius 1 is 1.62 bits per heavy atom. The van der Waals surface area contributed by atoms with E-state index in [1.165, 1.54) is 11.8 Å². The number of pyridine rings is 1. The Bertz CT molecular complexity index is 433. The zero-order chi connectivity index (χ0) is 11.4. The van der Waals surface area contributed by atoms with Crippen molar-refractivity contribution in [2.45, 2.75) is 5.03 Å². The lowest BCUT2D eigenvalue weighted by atomic mass is 10.4. The normalized spacial score (nSPS) is 13.4. The minimum atomic E-state index is -0.126. The second-order valence-electron chi connectivity index (χ2n) is 3.16. The molecule has 0 fully saturated rings. The summed E-state index contributed by atoms with van der Waals surface area (Å²) >= 11 is 1.35. The Labute approximate surface area is 97.5 Å². The van der Waals surface area contributed by atoms with Crippen LogP contribution in [0.15, 0.2) is 34.5 Å². The molecular formula is C10H12N4OS. The van der Waals surface area contributed by atoms with Crippen molar-refractivity contribution >= 4 is 23.4 Å². The summed E-state index contributed by atoms with van der Waals surface area (Å²) in [6.45, 7) is 0.914. The first-order valence-corrected chi connectivity index (χ1v) is 5.71. The first kappa shape index (κ1) is 11.0. The number of aromatic nitrogens is 1. The van der Waals surface area contributed by atoms with E-state index in [4.69, 9.17) is 5.73 Å². The lowest BCUT2D eigenvalue weighted by Crippen LogP contribution is -2.30. The van der Waals surface area contributed by atoms with Gasteiger partial charge in [0, 0.05) is 25.5 Å². The van der Waals surface area contributed by atoms with Crippen LogP contribution in [0.1, 0.15) is 0 Å². The first-order chi connectivity index (χ1) is 7.81. The van der Waals surface area contributed by atoms with E-state index < -0.39 is 0 Å². The first-order valence-electron chi connectivity index (χ1n) is 4.89. The van der Waals surface area contributed by atoms with Gasteiger partial charge in [0.1, 0.15) is 5.03 Å². The van der Waals surface area contributed by atoms with Crippen LogP contribution in [-0.2, 0) is 4.79 Å². The molecule has 0 aromatic carbocycles. The summed E-state index contributed by atoms with van der Waals surface area (Å²) < 4.78 is 0. The Hall–Kier alpha value is -1.53. The van der Waals surface area contributed by atoms with E-state index in [1.54, 1.807) is 12.4 Å². The highest BCUT2D eigenvalue weighted by atomic mass is 32.2. The third kappa shape index (κ3) is 2.34. The number of amides is 1. The van der Waals surface area contributed by atoms with Crippen molar-refractivity contribution in [3.8, 4) is 0 Å². The smallest absolute Gasteiger partial charge is 0.259 e. The summed E-state index contributed by atoms with van der Waals surface area (Å²) in [7, 11) is 0. The van der Waals surface area contributed by atoms with E-state index in [-0.39, 0.29) is 5.91 Å². The number of nitrogens with one attached hydrogen (secondary N) is 2. The SMILES string of the molecule is NCCNC(=O)C1=CNc2cccnc2S1. The topological polar surface area (TPSA) is 80.0 Å². The molecule has 0 saturated heterocycles. The fraction of sp³-hybridized carbons (Fsp3) is 0.200. The van der Waals surface area contributed by atoms with Gasteiger partial charge in [0.15, 0.2) is 0 Å². The van der Waals surface area contributed by atoms with Crippen LogP contribution in [0, 0.1) is 0 Å². The molecule has 1 aromatic heterocycles. The maximum atomic E-state index is 11.6. The van der Waals surface area contributed by atoms with Crippen molar-refractivity contribution in [1.82, 2.24) is 10.3 Å². The molecule has 0 aliphatic carbocycles. The van der Waals surface area contributed by atoms with E-state index in [9.17, 15) is 4.79 Å². The second-order valence-corrected chi connectivity index (χ2v) is 4.19. The van der Waals surface area contributed by atoms with Gasteiger partial charge < -0.3 is 16.4 Å². The van der Waals surface area contributed by atoms with E-state index in [2.05, 4.69) is 15.6 Å². The fourth-order valence-corrected chi connectivity index (χ4v) is 2.09. The predicted octanol–water partition coefficient (Wildman–Crippen LogP) is 0.515. The monoisotopic (exact) mass is 236 g/mol. The zero-order valence-electron chi connectivity index (χ0n) is 8.56. The molecule has 4 N–H and O–H groups in total. The van der Waals surface area contributed by atoms with Crippen LogP contribution in [0.4, 0.5) is 5.69 Å². The zero-order valence-corrected chi connectivity index (χ0v) is 9.38. The van der Waals surface area contributed by atoms with Gasteiger partial charge in [0.25, 0.3) is 5.91 Å². The molecular weight excluding hydrogens is 224 g/mol. The number of carbonyl (C=O) groups is 1. The van der Waals surface area contributed by atoms with Gasteiger partial charge in [-0.2, -0.15) is 0 Å². The van der Waals surface area contributed by atoms with Gasteiger partial charge in [-0.1, -0.05) is 11.8 Å². The highest BCUT2D eigenvalue weighted by Gasteiger charge is 2.17. The van der Waals surface area contributed by atoms with Crippen LogP contribution in [-0.4, -0.2) is 24.0 Å². The van der Waals surface area contributed by atoms with Gasteiger partial charge in [-0.25, -0.2) is 4.98 Å². The number of nitrogens with zero attached hydrogens (tertiary/aromatic N) is 1. The summed E-state index contributed by atoms with van der Waals surface area (Å²) in [5.41, 5.74) is 6.23. The maximum absolute atomic E-state index is 11.6. The molecule has 1 aliphatic rings. The molecule has 0 spiro atoms. The Morgan fingerprint density at radius 2 is 2.50 bits per heavy atom. The Kier molecular flexibility index (Phi) is 3.43. The average Bonchev–Trinajstić information content (AvgIpc) is 2.35. The van der Waals surface area contributed by atoms with Crippen molar-refractivity contribution < 1.29 is 4.79 Å². The summed E-state index contributed by atoms with van der Waals surface area (Å²) in [4.78, 5) is 16.4. The molecule has 2 heterocycles. The molecule has 0 unspecified atom stereocenters. The van der Waals surface area contributed by atoms with Crippen LogP contribution in [0.25, 0.3) is 0 Å². The molecule has 1 aliphatic heterocycles. The number of thioether (sulfide) groups is 1. The maximum Gasteiger partial charge on any atom is 0.259 e. The van der Waals surface area contributed by atoms with Crippen LogP contribution in [0.5, 0.6) is 0 Å². The molecule has 0 saturated carbocycles. The summed E-state index contributed by atoms with van der Waals surface area (Å²) in [5.74, 6) is -0.126. The number of hydrogen-bond donors (Lipinski definition) is 3. The largest absolute Gasteiger partial charge is 0.358 e. The summed E-state index contributed by atoms with van der Waals surface area (Å²) in [6, 6.07) is 3.76. The minimum Gasteiger partial charge on any atom is -0.358 e. The van der Waals surface area contributed by atoms with Crippen LogP contribution in [0.2, 0.25) is 0 Å². The van der Waals surface area contributed by atoms with Crippen LogP contribution in [0.3, 0.4) is 0 Å². The van der Waals surface area contributed by atoms with Crippen LogP contribution >= 0.6 is 11.8 Å². The Morgan fingerprint density at radius 3 is 3.31 bits per heavy atom. The molecule has 0 radical (unpaired) electrons. The molecule has 1 amide bonds. The molecule has 2 rings (SSSR count). The van der Waals surface area contributed by atoms with Crippen molar-refractivity contribution in [2.24, 2.45) is 5.73 Å². The van der Waals surface area contributed by atoms with Gasteiger partial charge in [-0.15, -0.1) is 0 Å². The third-order valence-electron chi connectivity index (χ3n) is 1.99. The van der Waals surface area contributed by atoms with Crippen molar-refractivity contribution in [3.63, 3.8) is 0 Å². The lowest BCUT2D eigenvalue weighted by molar-refractivity contribution is -0.116. The minimum absolute atomic E-state index is 0.126. The highest BCUT2D eigenvalue weighted by molar-refractivity contribution is 8.04.